The number of carbonyl (C=O) groups is 1. The zero-order chi connectivity index (χ0) is 18.5. The smallest absolute Gasteiger partial charge is 0.246 e. The first kappa shape index (κ1) is 18.1. The quantitative estimate of drug-likeness (QED) is 0.711. The van der Waals surface area contributed by atoms with Crippen molar-refractivity contribution in [3.63, 3.8) is 0 Å². The molecule has 27 heavy (non-hydrogen) atoms. The van der Waals surface area contributed by atoms with Gasteiger partial charge >= 0.3 is 0 Å². The van der Waals surface area contributed by atoms with Gasteiger partial charge in [-0.05, 0) is 54.5 Å². The summed E-state index contributed by atoms with van der Waals surface area (Å²) in [4.78, 5) is 16.3. The average molecular weight is 385 g/mol. The number of benzene rings is 1. The number of fused-ring (bicyclic) bond motifs is 1. The van der Waals surface area contributed by atoms with Crippen molar-refractivity contribution >= 4 is 23.3 Å². The van der Waals surface area contributed by atoms with E-state index in [4.69, 9.17) is 14.2 Å². The van der Waals surface area contributed by atoms with Gasteiger partial charge in [-0.2, -0.15) is 0 Å². The van der Waals surface area contributed by atoms with Crippen molar-refractivity contribution in [1.29, 1.82) is 0 Å². The van der Waals surface area contributed by atoms with Crippen LogP contribution in [0.15, 0.2) is 41.8 Å². The van der Waals surface area contributed by atoms with Gasteiger partial charge in [0.25, 0.3) is 0 Å². The van der Waals surface area contributed by atoms with Crippen molar-refractivity contribution in [1.82, 2.24) is 4.90 Å². The van der Waals surface area contributed by atoms with E-state index >= 15 is 0 Å². The minimum atomic E-state index is 0.0520. The predicted octanol–water partition coefficient (Wildman–Crippen LogP) is 3.74. The van der Waals surface area contributed by atoms with Crippen LogP contribution in [0.1, 0.15) is 23.3 Å². The fourth-order valence-corrected chi connectivity index (χ4v) is 4.13. The fraction of sp³-hybridized carbons (Fsp3) is 0.381. The first-order chi connectivity index (χ1) is 13.3. The van der Waals surface area contributed by atoms with Gasteiger partial charge in [0.1, 0.15) is 0 Å². The summed E-state index contributed by atoms with van der Waals surface area (Å²) in [7, 11) is 0. The number of nitrogens with zero attached hydrogens (tertiary/aromatic N) is 1. The van der Waals surface area contributed by atoms with Gasteiger partial charge in [-0.1, -0.05) is 12.1 Å². The van der Waals surface area contributed by atoms with Gasteiger partial charge in [0.15, 0.2) is 11.5 Å². The van der Waals surface area contributed by atoms with E-state index in [-0.39, 0.29) is 18.7 Å². The highest BCUT2D eigenvalue weighted by molar-refractivity contribution is 7.09. The summed E-state index contributed by atoms with van der Waals surface area (Å²) in [6.45, 7) is 2.43. The second-order valence-corrected chi connectivity index (χ2v) is 7.68. The minimum absolute atomic E-state index is 0.0520. The Hall–Kier alpha value is -2.31. The Labute approximate surface area is 163 Å². The number of hydrogen-bond acceptors (Lipinski definition) is 5. The lowest BCUT2D eigenvalue weighted by atomic mass is 10.1. The van der Waals surface area contributed by atoms with Crippen LogP contribution in [-0.4, -0.2) is 43.4 Å². The van der Waals surface area contributed by atoms with Gasteiger partial charge < -0.3 is 19.1 Å². The molecule has 1 amide bonds. The van der Waals surface area contributed by atoms with E-state index in [2.05, 4.69) is 17.5 Å². The Bertz CT molecular complexity index is 797. The third-order valence-electron chi connectivity index (χ3n) is 4.91. The van der Waals surface area contributed by atoms with Crippen molar-refractivity contribution in [3.05, 3.63) is 52.2 Å². The van der Waals surface area contributed by atoms with Crippen molar-refractivity contribution in [2.45, 2.75) is 25.3 Å². The van der Waals surface area contributed by atoms with Gasteiger partial charge in [0.2, 0.25) is 12.7 Å². The van der Waals surface area contributed by atoms with E-state index in [0.29, 0.717) is 0 Å². The molecule has 0 atom stereocenters. The maximum Gasteiger partial charge on any atom is 0.246 e. The number of carbonyl (C=O) groups excluding carboxylic acids is 1. The first-order valence-corrected chi connectivity index (χ1v) is 10.2. The summed E-state index contributed by atoms with van der Waals surface area (Å²) in [5.74, 6) is 1.53. The van der Waals surface area contributed by atoms with E-state index in [9.17, 15) is 4.79 Å². The lowest BCUT2D eigenvalue weighted by Crippen LogP contribution is -2.43. The van der Waals surface area contributed by atoms with E-state index in [1.807, 2.05) is 29.2 Å². The van der Waals surface area contributed by atoms with E-state index in [1.165, 1.54) is 4.88 Å². The lowest BCUT2D eigenvalue weighted by Gasteiger charge is -2.33. The molecule has 1 aromatic heterocycles. The first-order valence-electron chi connectivity index (χ1n) is 9.28. The molecule has 1 fully saturated rings. The van der Waals surface area contributed by atoms with Crippen molar-refractivity contribution in [2.24, 2.45) is 0 Å². The van der Waals surface area contributed by atoms with Crippen molar-refractivity contribution in [3.8, 4) is 11.5 Å². The van der Waals surface area contributed by atoms with Crippen molar-refractivity contribution < 1.29 is 19.0 Å². The topological polar surface area (TPSA) is 48.0 Å². The molecule has 0 unspecified atom stereocenters. The average Bonchev–Trinajstić information content (AvgIpc) is 3.38. The highest BCUT2D eigenvalue weighted by Gasteiger charge is 2.24. The minimum Gasteiger partial charge on any atom is -0.454 e. The molecule has 142 valence electrons. The third kappa shape index (κ3) is 4.51. The molecule has 1 aromatic carbocycles. The molecule has 2 aliphatic rings. The van der Waals surface area contributed by atoms with Crippen LogP contribution in [0.2, 0.25) is 0 Å². The van der Waals surface area contributed by atoms with Crippen LogP contribution in [0.25, 0.3) is 6.08 Å². The second kappa shape index (κ2) is 8.59. The third-order valence-corrected chi connectivity index (χ3v) is 5.85. The Morgan fingerprint density at radius 1 is 1.19 bits per heavy atom. The molecule has 6 heteroatoms. The van der Waals surface area contributed by atoms with Crippen molar-refractivity contribution in [2.75, 3.05) is 26.6 Å². The molecule has 0 aliphatic carbocycles. The summed E-state index contributed by atoms with van der Waals surface area (Å²) in [6.07, 6.45) is 6.20. The van der Waals surface area contributed by atoms with Gasteiger partial charge in [-0.3, -0.25) is 4.79 Å². The Morgan fingerprint density at radius 2 is 2.04 bits per heavy atom. The number of hydrogen-bond donors (Lipinski definition) is 0. The molecular weight excluding hydrogens is 362 g/mol. The van der Waals surface area contributed by atoms with Crippen LogP contribution in [0.3, 0.4) is 0 Å². The molecule has 2 aliphatic heterocycles. The molecule has 0 spiro atoms. The van der Waals surface area contributed by atoms with Gasteiger partial charge in [0.05, 0.1) is 0 Å². The molecule has 1 saturated heterocycles. The van der Waals surface area contributed by atoms with Crippen LogP contribution in [-0.2, 0) is 16.0 Å². The summed E-state index contributed by atoms with van der Waals surface area (Å²) in [5, 5.41) is 2.08. The molecule has 0 N–H and O–H groups in total. The molecule has 4 rings (SSSR count). The molecule has 2 aromatic rings. The summed E-state index contributed by atoms with van der Waals surface area (Å²) >= 11 is 1.74. The molecular formula is C21H23NO4S. The molecule has 0 bridgehead atoms. The Balaban J connectivity index is 1.45. The normalized spacial score (nSPS) is 16.7. The van der Waals surface area contributed by atoms with Crippen LogP contribution >= 0.6 is 11.3 Å². The van der Waals surface area contributed by atoms with Crippen LogP contribution in [0.5, 0.6) is 11.5 Å². The molecule has 0 saturated carbocycles. The predicted molar refractivity (Wildman–Crippen MR) is 105 cm³/mol. The zero-order valence-corrected chi connectivity index (χ0v) is 16.0. The summed E-state index contributed by atoms with van der Waals surface area (Å²) in [6, 6.07) is 10.1. The maximum absolute atomic E-state index is 13.0. The standard InChI is InChI=1S/C21H23NO4S/c23-21(6-4-16-3-5-19-20(14-16)26-15-25-19)22(17-8-11-24-12-9-17)10-7-18-2-1-13-27-18/h1-6,13-14,17H,7-12,15H2/b6-4+. The zero-order valence-electron chi connectivity index (χ0n) is 15.1. The highest BCUT2D eigenvalue weighted by Crippen LogP contribution is 2.32. The molecule has 5 nitrogen and oxygen atoms in total. The fourth-order valence-electron chi connectivity index (χ4n) is 3.44. The monoisotopic (exact) mass is 385 g/mol. The highest BCUT2D eigenvalue weighted by atomic mass is 32.1. The molecule has 3 heterocycles. The number of amides is 1. The number of thiophene rings is 1. The van der Waals surface area contributed by atoms with Gasteiger partial charge in [0, 0.05) is 36.8 Å². The SMILES string of the molecule is O=C(/C=C/c1ccc2c(c1)OCO2)N(CCc1cccs1)C1CCOCC1. The van der Waals surface area contributed by atoms with Crippen LogP contribution in [0.4, 0.5) is 0 Å². The van der Waals surface area contributed by atoms with Crippen LogP contribution in [0, 0.1) is 0 Å². The van der Waals surface area contributed by atoms with Crippen LogP contribution < -0.4 is 9.47 Å². The van der Waals surface area contributed by atoms with E-state index < -0.39 is 0 Å². The number of rotatable bonds is 6. The molecule has 0 radical (unpaired) electrons. The Morgan fingerprint density at radius 3 is 2.85 bits per heavy atom. The van der Waals surface area contributed by atoms with E-state index in [1.54, 1.807) is 17.4 Å². The number of ether oxygens (including phenoxy) is 3. The largest absolute Gasteiger partial charge is 0.454 e. The lowest BCUT2D eigenvalue weighted by molar-refractivity contribution is -0.130. The summed E-state index contributed by atoms with van der Waals surface area (Å²) in [5.41, 5.74) is 0.929. The van der Waals surface area contributed by atoms with Gasteiger partial charge in [-0.15, -0.1) is 11.3 Å². The van der Waals surface area contributed by atoms with E-state index in [0.717, 1.165) is 56.1 Å². The van der Waals surface area contributed by atoms with Gasteiger partial charge in [-0.25, -0.2) is 0 Å². The second-order valence-electron chi connectivity index (χ2n) is 6.65. The Kier molecular flexibility index (Phi) is 5.75. The summed E-state index contributed by atoms with van der Waals surface area (Å²) < 4.78 is 16.2. The maximum atomic E-state index is 13.0.